The van der Waals surface area contributed by atoms with Crippen molar-refractivity contribution in [2.45, 2.75) is 12.8 Å². The maximum absolute atomic E-state index is 11.4. The fourth-order valence-electron chi connectivity index (χ4n) is 1.04. The van der Waals surface area contributed by atoms with Crippen LogP contribution in [0.2, 0.25) is 0 Å². The van der Waals surface area contributed by atoms with Crippen molar-refractivity contribution in [3.8, 4) is 5.75 Å². The van der Waals surface area contributed by atoms with Gasteiger partial charge in [0.15, 0.2) is 0 Å². The summed E-state index contributed by atoms with van der Waals surface area (Å²) in [6.45, 7) is 0. The molecule has 1 aromatic carbocycles. The minimum atomic E-state index is -0.799. The molecule has 0 amide bonds. The molecule has 0 radical (unpaired) electrons. The second kappa shape index (κ2) is 8.88. The van der Waals surface area contributed by atoms with Gasteiger partial charge in [0.2, 0.25) is 0 Å². The van der Waals surface area contributed by atoms with E-state index in [1.165, 1.54) is 21.6 Å². The molecule has 0 saturated heterocycles. The average Bonchev–Trinajstić information content (AvgIpc) is 2.34. The van der Waals surface area contributed by atoms with Gasteiger partial charge in [0.05, 0.1) is 12.8 Å². The Morgan fingerprint density at radius 2 is 1.67 bits per heavy atom. The van der Waals surface area contributed by atoms with E-state index in [2.05, 4.69) is 0 Å². The molecule has 1 aromatic rings. The van der Waals surface area contributed by atoms with Gasteiger partial charge in [-0.3, -0.25) is 9.59 Å². The topological polar surface area (TPSA) is 63.6 Å². The predicted octanol–water partition coefficient (Wildman–Crippen LogP) is 2.84. The van der Waals surface area contributed by atoms with Gasteiger partial charge in [-0.15, -0.1) is 0 Å². The van der Waals surface area contributed by atoms with Gasteiger partial charge in [0.1, 0.15) is 5.75 Å². The van der Waals surface area contributed by atoms with Crippen molar-refractivity contribution in [2.75, 3.05) is 11.5 Å². The van der Waals surface area contributed by atoms with Gasteiger partial charge in [0.25, 0.3) is 0 Å². The number of hydrogen-bond acceptors (Lipinski definition) is 5. The summed E-state index contributed by atoms with van der Waals surface area (Å²) in [7, 11) is 2.94. The van der Waals surface area contributed by atoms with E-state index >= 15 is 0 Å². The van der Waals surface area contributed by atoms with Crippen LogP contribution in [0.5, 0.6) is 5.75 Å². The molecule has 1 rings (SSSR count). The largest absolute Gasteiger partial charge is 0.481 e. The molecule has 0 atom stereocenters. The molecule has 0 aliphatic heterocycles. The third-order valence-corrected chi connectivity index (χ3v) is 4.26. The zero-order valence-corrected chi connectivity index (χ0v) is 11.3. The number of rotatable bonds is 8. The van der Waals surface area contributed by atoms with Crippen molar-refractivity contribution in [3.05, 3.63) is 30.3 Å². The fraction of sp³-hybridized carbons (Fsp3) is 0.333. The second-order valence-electron chi connectivity index (χ2n) is 3.32. The quantitative estimate of drug-likeness (QED) is 0.343. The molecule has 0 aromatic heterocycles. The van der Waals surface area contributed by atoms with Gasteiger partial charge in [-0.05, 0) is 12.1 Å². The third kappa shape index (κ3) is 7.24. The lowest BCUT2D eigenvalue weighted by Crippen LogP contribution is -2.08. The Bertz CT molecular complexity index is 381. The van der Waals surface area contributed by atoms with Crippen LogP contribution >= 0.6 is 21.6 Å². The lowest BCUT2D eigenvalue weighted by Gasteiger charge is -2.03. The normalized spacial score (nSPS) is 10.0. The number of carbonyl (C=O) groups is 2. The lowest BCUT2D eigenvalue weighted by molar-refractivity contribution is -0.136. The van der Waals surface area contributed by atoms with Crippen molar-refractivity contribution < 1.29 is 19.4 Å². The summed E-state index contributed by atoms with van der Waals surface area (Å²) in [4.78, 5) is 21.7. The van der Waals surface area contributed by atoms with Crippen LogP contribution in [0.25, 0.3) is 0 Å². The van der Waals surface area contributed by atoms with Gasteiger partial charge >= 0.3 is 11.9 Å². The maximum Gasteiger partial charge on any atom is 0.312 e. The Labute approximate surface area is 113 Å². The van der Waals surface area contributed by atoms with E-state index in [4.69, 9.17) is 9.84 Å². The van der Waals surface area contributed by atoms with Crippen molar-refractivity contribution in [2.24, 2.45) is 0 Å². The maximum atomic E-state index is 11.4. The SMILES string of the molecule is O=C(O)CCSSCCC(=O)Oc1ccccc1. The highest BCUT2D eigenvalue weighted by molar-refractivity contribution is 8.76. The van der Waals surface area contributed by atoms with Crippen LogP contribution < -0.4 is 4.74 Å². The molecule has 0 saturated carbocycles. The molecule has 0 heterocycles. The van der Waals surface area contributed by atoms with Gasteiger partial charge < -0.3 is 9.84 Å². The van der Waals surface area contributed by atoms with Gasteiger partial charge in [-0.2, -0.15) is 0 Å². The first kappa shape index (κ1) is 14.9. The lowest BCUT2D eigenvalue weighted by atomic mass is 10.3. The molecular weight excluding hydrogens is 272 g/mol. The second-order valence-corrected chi connectivity index (χ2v) is 6.03. The first-order valence-corrected chi connectivity index (χ1v) is 7.89. The summed E-state index contributed by atoms with van der Waals surface area (Å²) in [6.07, 6.45) is 0.464. The summed E-state index contributed by atoms with van der Waals surface area (Å²) in [6, 6.07) is 8.92. The first-order chi connectivity index (χ1) is 8.68. The highest BCUT2D eigenvalue weighted by Gasteiger charge is 2.04. The molecule has 0 aliphatic rings. The molecule has 1 N–H and O–H groups in total. The van der Waals surface area contributed by atoms with Gasteiger partial charge in [-0.1, -0.05) is 39.8 Å². The molecule has 0 fully saturated rings. The Hall–Kier alpha value is -1.14. The molecule has 6 heteroatoms. The highest BCUT2D eigenvalue weighted by Crippen LogP contribution is 2.23. The molecule has 18 heavy (non-hydrogen) atoms. The minimum absolute atomic E-state index is 0.145. The molecule has 0 unspecified atom stereocenters. The molecule has 98 valence electrons. The fourth-order valence-corrected chi connectivity index (χ4v) is 2.99. The average molecular weight is 286 g/mol. The van der Waals surface area contributed by atoms with E-state index < -0.39 is 5.97 Å². The van der Waals surface area contributed by atoms with Crippen molar-refractivity contribution >= 4 is 33.5 Å². The summed E-state index contributed by atoms with van der Waals surface area (Å²) in [5.74, 6) is 0.647. The van der Waals surface area contributed by atoms with E-state index in [9.17, 15) is 9.59 Å². The molecule has 0 bridgehead atoms. The third-order valence-electron chi connectivity index (χ3n) is 1.85. The summed E-state index contributed by atoms with van der Waals surface area (Å²) < 4.78 is 5.10. The van der Waals surface area contributed by atoms with Crippen LogP contribution in [0.15, 0.2) is 30.3 Å². The molecule has 4 nitrogen and oxygen atoms in total. The van der Waals surface area contributed by atoms with Gasteiger partial charge in [-0.25, -0.2) is 0 Å². The van der Waals surface area contributed by atoms with Crippen LogP contribution in [0, 0.1) is 0 Å². The standard InChI is InChI=1S/C12H14O4S2/c13-11(14)6-8-17-18-9-7-12(15)16-10-4-2-1-3-5-10/h1-5H,6-9H2,(H,13,14). The van der Waals surface area contributed by atoms with Crippen LogP contribution in [0.1, 0.15) is 12.8 Å². The number of aliphatic carboxylic acids is 1. The number of carboxylic acid groups (broad SMARTS) is 1. The van der Waals surface area contributed by atoms with Crippen molar-refractivity contribution in [1.29, 1.82) is 0 Å². The van der Waals surface area contributed by atoms with E-state index in [1.807, 2.05) is 6.07 Å². The monoisotopic (exact) mass is 286 g/mol. The number of carboxylic acids is 1. The van der Waals surface area contributed by atoms with E-state index in [-0.39, 0.29) is 12.4 Å². The number of ether oxygens (including phenoxy) is 1. The number of carbonyl (C=O) groups excluding carboxylic acids is 1. The number of hydrogen-bond donors (Lipinski definition) is 1. The Morgan fingerprint density at radius 3 is 2.28 bits per heavy atom. The van der Waals surface area contributed by atoms with E-state index in [0.717, 1.165) is 0 Å². The summed E-state index contributed by atoms with van der Waals surface area (Å²) in [5, 5.41) is 8.43. The number of para-hydroxylation sites is 1. The highest BCUT2D eigenvalue weighted by atomic mass is 33.1. The zero-order valence-electron chi connectivity index (χ0n) is 9.70. The number of benzene rings is 1. The Morgan fingerprint density at radius 1 is 1.06 bits per heavy atom. The van der Waals surface area contributed by atoms with E-state index in [1.54, 1.807) is 24.3 Å². The van der Waals surface area contributed by atoms with E-state index in [0.29, 0.717) is 23.7 Å². The van der Waals surface area contributed by atoms with Crippen LogP contribution in [0.4, 0.5) is 0 Å². The number of esters is 1. The van der Waals surface area contributed by atoms with Crippen molar-refractivity contribution in [3.63, 3.8) is 0 Å². The zero-order chi connectivity index (χ0) is 13.2. The molecular formula is C12H14O4S2. The van der Waals surface area contributed by atoms with Crippen LogP contribution in [-0.2, 0) is 9.59 Å². The van der Waals surface area contributed by atoms with Crippen molar-refractivity contribution in [1.82, 2.24) is 0 Å². The summed E-state index contributed by atoms with van der Waals surface area (Å²) in [5.41, 5.74) is 0. The Kier molecular flexibility index (Phi) is 7.36. The Balaban J connectivity index is 2.05. The summed E-state index contributed by atoms with van der Waals surface area (Å²) >= 11 is 0. The molecule has 0 aliphatic carbocycles. The van der Waals surface area contributed by atoms with Crippen LogP contribution in [0.3, 0.4) is 0 Å². The molecule has 0 spiro atoms. The van der Waals surface area contributed by atoms with Crippen LogP contribution in [-0.4, -0.2) is 28.6 Å². The van der Waals surface area contributed by atoms with Gasteiger partial charge in [0, 0.05) is 11.5 Å². The predicted molar refractivity (Wildman–Crippen MR) is 73.9 cm³/mol. The first-order valence-electron chi connectivity index (χ1n) is 5.40. The smallest absolute Gasteiger partial charge is 0.312 e. The minimum Gasteiger partial charge on any atom is -0.481 e.